The summed E-state index contributed by atoms with van der Waals surface area (Å²) in [4.78, 5) is 0. The first-order valence-corrected chi connectivity index (χ1v) is 8.12. The van der Waals surface area contributed by atoms with Gasteiger partial charge in [0.1, 0.15) is 23.2 Å². The van der Waals surface area contributed by atoms with Crippen molar-refractivity contribution in [3.8, 4) is 5.75 Å². The van der Waals surface area contributed by atoms with E-state index in [-0.39, 0.29) is 0 Å². The number of methoxy groups -OCH3 is 1. The van der Waals surface area contributed by atoms with Crippen molar-refractivity contribution in [2.24, 2.45) is 5.10 Å². The minimum Gasteiger partial charge on any atom is -0.497 e. The van der Waals surface area contributed by atoms with Crippen LogP contribution in [0.4, 0.5) is 4.39 Å². The second-order valence-corrected chi connectivity index (χ2v) is 6.13. The van der Waals surface area contributed by atoms with Gasteiger partial charge in [0.05, 0.1) is 13.7 Å². The monoisotopic (exact) mass is 326 g/mol. The summed E-state index contributed by atoms with van der Waals surface area (Å²) in [7, 11) is 1.65. The highest BCUT2D eigenvalue weighted by Gasteiger charge is 2.21. The van der Waals surface area contributed by atoms with Crippen molar-refractivity contribution in [3.63, 3.8) is 0 Å². The molecule has 0 amide bonds. The number of alkyl halides is 1. The van der Waals surface area contributed by atoms with Gasteiger partial charge in [-0.1, -0.05) is 18.2 Å². The van der Waals surface area contributed by atoms with E-state index in [9.17, 15) is 4.39 Å². The molecular weight excluding hydrogens is 307 g/mol. The second kappa shape index (κ2) is 6.15. The molecule has 0 spiro atoms. The Labute approximate surface area is 139 Å². The third-order valence-corrected chi connectivity index (χ3v) is 4.37. The fourth-order valence-electron chi connectivity index (χ4n) is 3.13. The third kappa shape index (κ3) is 2.94. The molecule has 4 nitrogen and oxygen atoms in total. The Bertz CT molecular complexity index is 850. The zero-order valence-electron chi connectivity index (χ0n) is 13.5. The molecular formula is C19H19FN2O2. The lowest BCUT2D eigenvalue weighted by Gasteiger charge is -2.18. The van der Waals surface area contributed by atoms with Gasteiger partial charge in [-0.25, -0.2) is 4.39 Å². The van der Waals surface area contributed by atoms with Crippen molar-refractivity contribution in [3.05, 3.63) is 53.8 Å². The molecule has 0 N–H and O–H groups in total. The van der Waals surface area contributed by atoms with Crippen molar-refractivity contribution < 1.29 is 13.5 Å². The number of halogens is 1. The number of rotatable bonds is 4. The molecule has 2 heterocycles. The first kappa shape index (κ1) is 15.0. The van der Waals surface area contributed by atoms with Crippen molar-refractivity contribution >= 4 is 16.7 Å². The van der Waals surface area contributed by atoms with E-state index in [0.29, 0.717) is 13.0 Å². The van der Waals surface area contributed by atoms with Crippen LogP contribution >= 0.6 is 0 Å². The van der Waals surface area contributed by atoms with Gasteiger partial charge >= 0.3 is 0 Å². The zero-order chi connectivity index (χ0) is 16.5. The molecule has 4 rings (SSSR count). The normalized spacial score (nSPS) is 20.4. The maximum Gasteiger partial charge on any atom is 0.151 e. The van der Waals surface area contributed by atoms with Crippen molar-refractivity contribution in [2.75, 3.05) is 20.2 Å². The predicted octanol–water partition coefficient (Wildman–Crippen LogP) is 4.08. The van der Waals surface area contributed by atoms with E-state index < -0.39 is 6.17 Å². The standard InChI is InChI=1S/C19H19FN2O2/c1-23-16-5-6-18-14(10-16)11-19(24-18)17-7-8-22(21-17)12-13-3-2-4-15(20)9-13/h2-6,10-11,15H,7-9,12H2,1H3. The smallest absolute Gasteiger partial charge is 0.151 e. The fraction of sp³-hybridized carbons (Fsp3) is 0.316. The van der Waals surface area contributed by atoms with Gasteiger partial charge in [0.25, 0.3) is 0 Å². The van der Waals surface area contributed by atoms with Crippen LogP contribution in [0.15, 0.2) is 57.6 Å². The Kier molecular flexibility index (Phi) is 3.84. The maximum atomic E-state index is 13.4. The van der Waals surface area contributed by atoms with Crippen LogP contribution < -0.4 is 4.74 Å². The maximum absolute atomic E-state index is 13.4. The van der Waals surface area contributed by atoms with E-state index in [4.69, 9.17) is 9.15 Å². The first-order valence-electron chi connectivity index (χ1n) is 8.12. The van der Waals surface area contributed by atoms with Gasteiger partial charge in [-0.05, 0) is 29.8 Å². The lowest BCUT2D eigenvalue weighted by atomic mass is 10.0. The molecule has 0 fully saturated rings. The van der Waals surface area contributed by atoms with Crippen LogP contribution in [0.5, 0.6) is 5.75 Å². The Morgan fingerprint density at radius 1 is 1.38 bits per heavy atom. The van der Waals surface area contributed by atoms with E-state index in [1.54, 1.807) is 19.3 Å². The summed E-state index contributed by atoms with van der Waals surface area (Å²) in [5.74, 6) is 1.60. The average Bonchev–Trinajstić information content (AvgIpc) is 3.20. The quantitative estimate of drug-likeness (QED) is 0.850. The highest BCUT2D eigenvalue weighted by molar-refractivity contribution is 6.02. The van der Waals surface area contributed by atoms with Crippen LogP contribution in [0.2, 0.25) is 0 Å². The molecule has 24 heavy (non-hydrogen) atoms. The lowest BCUT2D eigenvalue weighted by molar-refractivity contribution is 0.326. The molecule has 2 aromatic rings. The van der Waals surface area contributed by atoms with Crippen LogP contribution in [-0.4, -0.2) is 37.1 Å². The lowest BCUT2D eigenvalue weighted by Crippen LogP contribution is -2.19. The van der Waals surface area contributed by atoms with E-state index in [1.165, 1.54) is 0 Å². The summed E-state index contributed by atoms with van der Waals surface area (Å²) < 4.78 is 24.6. The van der Waals surface area contributed by atoms with Crippen LogP contribution in [-0.2, 0) is 0 Å². The number of fused-ring (bicyclic) bond motifs is 1. The van der Waals surface area contributed by atoms with E-state index in [0.717, 1.165) is 46.7 Å². The topological polar surface area (TPSA) is 38.0 Å². The van der Waals surface area contributed by atoms with Gasteiger partial charge in [0.15, 0.2) is 5.76 Å². The van der Waals surface area contributed by atoms with Gasteiger partial charge in [0.2, 0.25) is 0 Å². The minimum atomic E-state index is -0.874. The molecule has 0 bridgehead atoms. The number of hydrogen-bond acceptors (Lipinski definition) is 4. The summed E-state index contributed by atoms with van der Waals surface area (Å²) >= 11 is 0. The number of allylic oxidation sites excluding steroid dienone is 3. The molecule has 1 atom stereocenters. The van der Waals surface area contributed by atoms with Gasteiger partial charge in [0, 0.05) is 24.8 Å². The van der Waals surface area contributed by atoms with Gasteiger partial charge in [-0.3, -0.25) is 5.01 Å². The van der Waals surface area contributed by atoms with Crippen molar-refractivity contribution in [1.82, 2.24) is 5.01 Å². The second-order valence-electron chi connectivity index (χ2n) is 6.13. The summed E-state index contributed by atoms with van der Waals surface area (Å²) in [5.41, 5.74) is 2.84. The fourth-order valence-corrected chi connectivity index (χ4v) is 3.13. The molecule has 0 saturated carbocycles. The molecule has 1 unspecified atom stereocenters. The predicted molar refractivity (Wildman–Crippen MR) is 92.2 cm³/mol. The van der Waals surface area contributed by atoms with Gasteiger partial charge in [-0.15, -0.1) is 0 Å². The number of hydrogen-bond donors (Lipinski definition) is 0. The molecule has 1 aromatic carbocycles. The van der Waals surface area contributed by atoms with E-state index in [2.05, 4.69) is 5.10 Å². The molecule has 0 saturated heterocycles. The molecule has 0 radical (unpaired) electrons. The Hall–Kier alpha value is -2.56. The molecule has 5 heteroatoms. The first-order chi connectivity index (χ1) is 11.7. The summed E-state index contributed by atoms with van der Waals surface area (Å²) in [6.07, 6.45) is 5.78. The summed E-state index contributed by atoms with van der Waals surface area (Å²) in [5, 5.41) is 7.65. The SMILES string of the molecule is COc1ccc2oc(C3=NN(CC4=CC=CC(F)C4)CC3)cc2c1. The Balaban J connectivity index is 1.52. The van der Waals surface area contributed by atoms with E-state index >= 15 is 0 Å². The van der Waals surface area contributed by atoms with E-state index in [1.807, 2.05) is 35.4 Å². The number of ether oxygens (including phenoxy) is 1. The number of benzene rings is 1. The summed E-state index contributed by atoms with van der Waals surface area (Å²) in [6.45, 7) is 1.50. The van der Waals surface area contributed by atoms with Crippen molar-refractivity contribution in [2.45, 2.75) is 19.0 Å². The average molecular weight is 326 g/mol. The van der Waals surface area contributed by atoms with Crippen LogP contribution in [0.25, 0.3) is 11.0 Å². The highest BCUT2D eigenvalue weighted by atomic mass is 19.1. The Morgan fingerprint density at radius 2 is 2.29 bits per heavy atom. The van der Waals surface area contributed by atoms with Crippen LogP contribution in [0.3, 0.4) is 0 Å². The van der Waals surface area contributed by atoms with Gasteiger partial charge in [-0.2, -0.15) is 5.10 Å². The number of furan rings is 1. The van der Waals surface area contributed by atoms with Gasteiger partial charge < -0.3 is 9.15 Å². The number of nitrogens with zero attached hydrogens (tertiary/aromatic N) is 2. The summed E-state index contributed by atoms with van der Waals surface area (Å²) in [6, 6.07) is 7.75. The molecule has 1 aliphatic carbocycles. The minimum absolute atomic E-state index is 0.461. The molecule has 1 aliphatic heterocycles. The zero-order valence-corrected chi connectivity index (χ0v) is 13.5. The largest absolute Gasteiger partial charge is 0.497 e. The molecule has 1 aromatic heterocycles. The van der Waals surface area contributed by atoms with Crippen LogP contribution in [0.1, 0.15) is 18.6 Å². The molecule has 2 aliphatic rings. The van der Waals surface area contributed by atoms with Crippen LogP contribution in [0, 0.1) is 0 Å². The van der Waals surface area contributed by atoms with Crippen molar-refractivity contribution in [1.29, 1.82) is 0 Å². The molecule has 124 valence electrons. The Morgan fingerprint density at radius 3 is 3.12 bits per heavy atom. The highest BCUT2D eigenvalue weighted by Crippen LogP contribution is 2.27. The number of hydrazone groups is 1. The third-order valence-electron chi connectivity index (χ3n) is 4.37.